The number of nitrogens with two attached hydrogens (primary N) is 1. The summed E-state index contributed by atoms with van der Waals surface area (Å²) in [6, 6.07) is 4.87. The largest absolute Gasteiger partial charge is 0.399 e. The second-order valence-electron chi connectivity index (χ2n) is 4.81. The fourth-order valence-electron chi connectivity index (χ4n) is 1.69. The van der Waals surface area contributed by atoms with Crippen LogP contribution < -0.4 is 16.4 Å². The molecule has 6 nitrogen and oxygen atoms in total. The van der Waals surface area contributed by atoms with Crippen LogP contribution in [0.5, 0.6) is 0 Å². The Kier molecular flexibility index (Phi) is 6.98. The second-order valence-corrected chi connectivity index (χ2v) is 5.22. The maximum atomic E-state index is 11.9. The summed E-state index contributed by atoms with van der Waals surface area (Å²) in [5.41, 5.74) is 6.62. The molecule has 116 valence electrons. The summed E-state index contributed by atoms with van der Waals surface area (Å²) in [4.78, 5) is 25.1. The van der Waals surface area contributed by atoms with Crippen molar-refractivity contribution < 1.29 is 9.59 Å². The molecule has 1 aromatic carbocycles. The van der Waals surface area contributed by atoms with E-state index in [1.165, 1.54) is 0 Å². The summed E-state index contributed by atoms with van der Waals surface area (Å²) in [6.07, 6.45) is 0.879. The van der Waals surface area contributed by atoms with Crippen LogP contribution in [-0.2, 0) is 9.59 Å². The molecule has 0 bridgehead atoms. The van der Waals surface area contributed by atoms with E-state index in [-0.39, 0.29) is 24.9 Å². The Morgan fingerprint density at radius 3 is 2.62 bits per heavy atom. The summed E-state index contributed by atoms with van der Waals surface area (Å²) in [7, 11) is 1.70. The zero-order valence-electron chi connectivity index (χ0n) is 12.3. The molecule has 2 amide bonds. The molecule has 21 heavy (non-hydrogen) atoms. The van der Waals surface area contributed by atoms with Crippen LogP contribution in [0.3, 0.4) is 0 Å². The van der Waals surface area contributed by atoms with E-state index in [2.05, 4.69) is 10.6 Å². The van der Waals surface area contributed by atoms with Gasteiger partial charge in [-0.1, -0.05) is 18.5 Å². The van der Waals surface area contributed by atoms with Gasteiger partial charge in [-0.3, -0.25) is 14.5 Å². The lowest BCUT2D eigenvalue weighted by Crippen LogP contribution is -2.39. The van der Waals surface area contributed by atoms with Gasteiger partial charge < -0.3 is 16.4 Å². The summed E-state index contributed by atoms with van der Waals surface area (Å²) in [6.45, 7) is 2.87. The molecular formula is C14H21ClN4O2. The van der Waals surface area contributed by atoms with Gasteiger partial charge in [0.1, 0.15) is 0 Å². The number of likely N-dealkylation sites (N-methyl/N-ethyl adjacent to an activating group) is 1. The highest BCUT2D eigenvalue weighted by Gasteiger charge is 2.11. The molecule has 0 aliphatic carbocycles. The van der Waals surface area contributed by atoms with Crippen molar-refractivity contribution in [1.29, 1.82) is 0 Å². The normalized spacial score (nSPS) is 10.5. The third kappa shape index (κ3) is 6.46. The fraction of sp³-hybridized carbons (Fsp3) is 0.429. The molecule has 0 fully saturated rings. The number of halogens is 1. The second kappa shape index (κ2) is 8.49. The molecule has 0 aromatic heterocycles. The van der Waals surface area contributed by atoms with Gasteiger partial charge in [0.05, 0.1) is 23.8 Å². The van der Waals surface area contributed by atoms with Crippen molar-refractivity contribution in [2.75, 3.05) is 37.7 Å². The Morgan fingerprint density at radius 1 is 1.29 bits per heavy atom. The van der Waals surface area contributed by atoms with Gasteiger partial charge in [-0.15, -0.1) is 0 Å². The Balaban J connectivity index is 2.46. The summed E-state index contributed by atoms with van der Waals surface area (Å²) < 4.78 is 0. The topological polar surface area (TPSA) is 87.5 Å². The third-order valence-electron chi connectivity index (χ3n) is 2.66. The minimum atomic E-state index is -0.256. The first-order valence-corrected chi connectivity index (χ1v) is 7.10. The van der Waals surface area contributed by atoms with Crippen LogP contribution in [0, 0.1) is 0 Å². The van der Waals surface area contributed by atoms with E-state index in [1.807, 2.05) is 6.92 Å². The van der Waals surface area contributed by atoms with Gasteiger partial charge in [0.25, 0.3) is 0 Å². The number of amides is 2. The van der Waals surface area contributed by atoms with Gasteiger partial charge in [-0.25, -0.2) is 0 Å². The molecule has 1 rings (SSSR count). The van der Waals surface area contributed by atoms with E-state index in [0.29, 0.717) is 22.9 Å². The quantitative estimate of drug-likeness (QED) is 0.663. The van der Waals surface area contributed by atoms with Crippen molar-refractivity contribution in [3.8, 4) is 0 Å². The van der Waals surface area contributed by atoms with Crippen molar-refractivity contribution in [1.82, 2.24) is 10.2 Å². The lowest BCUT2D eigenvalue weighted by Gasteiger charge is -2.16. The molecule has 4 N–H and O–H groups in total. The van der Waals surface area contributed by atoms with Gasteiger partial charge in [-0.2, -0.15) is 0 Å². The van der Waals surface area contributed by atoms with Crippen LogP contribution in [0.15, 0.2) is 18.2 Å². The van der Waals surface area contributed by atoms with Gasteiger partial charge in [-0.05, 0) is 31.7 Å². The van der Waals surface area contributed by atoms with Gasteiger partial charge >= 0.3 is 0 Å². The van der Waals surface area contributed by atoms with Crippen LogP contribution in [0.2, 0.25) is 5.02 Å². The van der Waals surface area contributed by atoms with Crippen LogP contribution in [0.4, 0.5) is 11.4 Å². The fourth-order valence-corrected chi connectivity index (χ4v) is 1.86. The number of carbonyl (C=O) groups is 2. The minimum Gasteiger partial charge on any atom is -0.399 e. The Labute approximate surface area is 129 Å². The van der Waals surface area contributed by atoms with Gasteiger partial charge in [0.2, 0.25) is 11.8 Å². The lowest BCUT2D eigenvalue weighted by atomic mass is 10.3. The highest BCUT2D eigenvalue weighted by atomic mass is 35.5. The van der Waals surface area contributed by atoms with Gasteiger partial charge in [0.15, 0.2) is 0 Å². The Hall–Kier alpha value is -1.79. The third-order valence-corrected chi connectivity index (χ3v) is 2.99. The first kappa shape index (κ1) is 17.3. The van der Waals surface area contributed by atoms with Crippen molar-refractivity contribution in [3.63, 3.8) is 0 Å². The van der Waals surface area contributed by atoms with Crippen molar-refractivity contribution in [3.05, 3.63) is 23.2 Å². The van der Waals surface area contributed by atoms with E-state index < -0.39 is 0 Å². The SMILES string of the molecule is CCCNC(=O)CN(C)CC(=O)Nc1cc(N)ccc1Cl. The van der Waals surface area contributed by atoms with Crippen LogP contribution in [0.25, 0.3) is 0 Å². The Morgan fingerprint density at radius 2 is 1.95 bits per heavy atom. The summed E-state index contributed by atoms with van der Waals surface area (Å²) >= 11 is 5.97. The number of benzene rings is 1. The number of anilines is 2. The maximum Gasteiger partial charge on any atom is 0.238 e. The minimum absolute atomic E-state index is 0.0880. The Bertz CT molecular complexity index is 508. The number of rotatable bonds is 7. The van der Waals surface area contributed by atoms with Crippen molar-refractivity contribution in [2.24, 2.45) is 0 Å². The molecule has 0 aliphatic rings. The maximum absolute atomic E-state index is 11.9. The summed E-state index contributed by atoms with van der Waals surface area (Å²) in [5, 5.41) is 5.84. The molecule has 0 heterocycles. The number of hydrogen-bond donors (Lipinski definition) is 3. The standard InChI is InChI=1S/C14H21ClN4O2/c1-3-6-17-13(20)8-19(2)9-14(21)18-12-7-10(16)4-5-11(12)15/h4-5,7H,3,6,8-9,16H2,1-2H3,(H,17,20)(H,18,21). The molecule has 0 aliphatic heterocycles. The molecule has 0 radical (unpaired) electrons. The number of hydrogen-bond acceptors (Lipinski definition) is 4. The molecule has 0 saturated carbocycles. The van der Waals surface area contributed by atoms with Gasteiger partial charge in [0, 0.05) is 12.2 Å². The highest BCUT2D eigenvalue weighted by Crippen LogP contribution is 2.23. The molecule has 0 unspecified atom stereocenters. The molecular weight excluding hydrogens is 292 g/mol. The van der Waals surface area contributed by atoms with E-state index in [1.54, 1.807) is 30.1 Å². The molecule has 0 spiro atoms. The predicted molar refractivity (Wildman–Crippen MR) is 85.3 cm³/mol. The van der Waals surface area contributed by atoms with Crippen LogP contribution in [-0.4, -0.2) is 43.4 Å². The zero-order valence-corrected chi connectivity index (χ0v) is 13.0. The van der Waals surface area contributed by atoms with Crippen LogP contribution in [0.1, 0.15) is 13.3 Å². The van der Waals surface area contributed by atoms with Crippen LogP contribution >= 0.6 is 11.6 Å². The van der Waals surface area contributed by atoms with E-state index in [0.717, 1.165) is 6.42 Å². The zero-order chi connectivity index (χ0) is 15.8. The first-order valence-electron chi connectivity index (χ1n) is 6.72. The van der Waals surface area contributed by atoms with E-state index in [4.69, 9.17) is 17.3 Å². The van der Waals surface area contributed by atoms with E-state index in [9.17, 15) is 9.59 Å². The average molecular weight is 313 g/mol. The average Bonchev–Trinajstić information content (AvgIpc) is 2.40. The number of nitrogens with zero attached hydrogens (tertiary/aromatic N) is 1. The van der Waals surface area contributed by atoms with Crippen molar-refractivity contribution >= 4 is 34.8 Å². The highest BCUT2D eigenvalue weighted by molar-refractivity contribution is 6.33. The smallest absolute Gasteiger partial charge is 0.238 e. The summed E-state index contributed by atoms with van der Waals surface area (Å²) in [5.74, 6) is -0.359. The van der Waals surface area contributed by atoms with E-state index >= 15 is 0 Å². The molecule has 7 heteroatoms. The molecule has 1 aromatic rings. The lowest BCUT2D eigenvalue weighted by molar-refractivity contribution is -0.122. The molecule has 0 atom stereocenters. The number of nitrogen functional groups attached to an aromatic ring is 1. The monoisotopic (exact) mass is 312 g/mol. The van der Waals surface area contributed by atoms with Crippen molar-refractivity contribution in [2.45, 2.75) is 13.3 Å². The number of nitrogens with one attached hydrogen (secondary N) is 2. The predicted octanol–water partition coefficient (Wildman–Crippen LogP) is 1.32. The first-order chi connectivity index (χ1) is 9.92. The number of carbonyl (C=O) groups excluding carboxylic acids is 2. The molecule has 0 saturated heterocycles.